The minimum Gasteiger partial charge on any atom is -0.494 e. The maximum absolute atomic E-state index is 6.48. The first-order chi connectivity index (χ1) is 14.7. The van der Waals surface area contributed by atoms with Crippen LogP contribution in [0.4, 0.5) is 0 Å². The standard InChI is InChI=1S/C25H29ClN2O2S/c1-24(2)15-19(16-25(3,4)31-24)30-23-14-21(17-10-12-18(26)13-11-17)28(27-23)20-8-6-7-9-22(20)29-5/h6-14,19H,15-16H2,1-5H3. The van der Waals surface area contributed by atoms with E-state index in [0.717, 1.165) is 35.5 Å². The van der Waals surface area contributed by atoms with Crippen molar-refractivity contribution in [3.05, 3.63) is 59.6 Å². The lowest BCUT2D eigenvalue weighted by Crippen LogP contribution is -2.41. The van der Waals surface area contributed by atoms with Crippen LogP contribution in [0.25, 0.3) is 16.9 Å². The zero-order valence-corrected chi connectivity index (χ0v) is 20.3. The highest BCUT2D eigenvalue weighted by atomic mass is 35.5. The van der Waals surface area contributed by atoms with Gasteiger partial charge in [0.25, 0.3) is 0 Å². The Balaban J connectivity index is 1.74. The lowest BCUT2D eigenvalue weighted by Gasteiger charge is -2.43. The predicted molar refractivity (Wildman–Crippen MR) is 130 cm³/mol. The van der Waals surface area contributed by atoms with Gasteiger partial charge in [-0.2, -0.15) is 0 Å². The molecule has 164 valence electrons. The number of aromatic nitrogens is 2. The molecule has 6 heteroatoms. The van der Waals surface area contributed by atoms with E-state index in [4.69, 9.17) is 26.2 Å². The molecule has 1 fully saturated rings. The summed E-state index contributed by atoms with van der Waals surface area (Å²) in [5.74, 6) is 1.38. The van der Waals surface area contributed by atoms with Crippen molar-refractivity contribution in [1.29, 1.82) is 0 Å². The number of hydrogen-bond donors (Lipinski definition) is 0. The molecule has 2 heterocycles. The molecule has 0 radical (unpaired) electrons. The fourth-order valence-electron chi connectivity index (χ4n) is 4.49. The molecule has 2 aromatic carbocycles. The lowest BCUT2D eigenvalue weighted by molar-refractivity contribution is 0.145. The monoisotopic (exact) mass is 456 g/mol. The quantitative estimate of drug-likeness (QED) is 0.412. The van der Waals surface area contributed by atoms with E-state index in [2.05, 4.69) is 27.7 Å². The zero-order chi connectivity index (χ0) is 22.2. The summed E-state index contributed by atoms with van der Waals surface area (Å²) < 4.78 is 14.3. The fourth-order valence-corrected chi connectivity index (χ4v) is 6.65. The molecule has 4 nitrogen and oxygen atoms in total. The number of hydrogen-bond acceptors (Lipinski definition) is 4. The highest BCUT2D eigenvalue weighted by Crippen LogP contribution is 2.48. The number of nitrogens with zero attached hydrogens (tertiary/aromatic N) is 2. The molecule has 4 rings (SSSR count). The van der Waals surface area contributed by atoms with Crippen molar-refractivity contribution >= 4 is 23.4 Å². The van der Waals surface area contributed by atoms with E-state index < -0.39 is 0 Å². The van der Waals surface area contributed by atoms with Gasteiger partial charge in [-0.25, -0.2) is 4.68 Å². The van der Waals surface area contributed by atoms with Gasteiger partial charge in [0.15, 0.2) is 0 Å². The van der Waals surface area contributed by atoms with E-state index in [1.54, 1.807) is 7.11 Å². The smallest absolute Gasteiger partial charge is 0.234 e. The summed E-state index contributed by atoms with van der Waals surface area (Å²) in [4.78, 5) is 0. The average Bonchev–Trinajstić information content (AvgIpc) is 3.09. The van der Waals surface area contributed by atoms with E-state index in [-0.39, 0.29) is 15.6 Å². The van der Waals surface area contributed by atoms with E-state index in [1.165, 1.54) is 0 Å². The highest BCUT2D eigenvalue weighted by molar-refractivity contribution is 8.01. The van der Waals surface area contributed by atoms with Gasteiger partial charge >= 0.3 is 0 Å². The van der Waals surface area contributed by atoms with Gasteiger partial charge in [0.05, 0.1) is 12.8 Å². The van der Waals surface area contributed by atoms with Crippen LogP contribution in [0.15, 0.2) is 54.6 Å². The van der Waals surface area contributed by atoms with Gasteiger partial charge in [-0.3, -0.25) is 0 Å². The van der Waals surface area contributed by atoms with Gasteiger partial charge in [0, 0.05) is 26.1 Å². The summed E-state index contributed by atoms with van der Waals surface area (Å²) in [6.07, 6.45) is 2.09. The number of halogens is 1. The van der Waals surface area contributed by atoms with Crippen molar-refractivity contribution in [3.8, 4) is 28.6 Å². The molecule has 0 saturated carbocycles. The Morgan fingerprint density at radius 2 is 1.65 bits per heavy atom. The average molecular weight is 457 g/mol. The van der Waals surface area contributed by atoms with Crippen LogP contribution in [0.2, 0.25) is 5.02 Å². The van der Waals surface area contributed by atoms with Crippen LogP contribution >= 0.6 is 23.4 Å². The lowest BCUT2D eigenvalue weighted by atomic mass is 9.95. The molecule has 1 aromatic heterocycles. The van der Waals surface area contributed by atoms with E-state index in [9.17, 15) is 0 Å². The normalized spacial score (nSPS) is 18.0. The summed E-state index contributed by atoms with van der Waals surface area (Å²) in [7, 11) is 1.67. The molecule has 0 bridgehead atoms. The summed E-state index contributed by atoms with van der Waals surface area (Å²) in [6.45, 7) is 9.17. The van der Waals surface area contributed by atoms with Crippen LogP contribution < -0.4 is 9.47 Å². The number of rotatable bonds is 5. The van der Waals surface area contributed by atoms with Crippen molar-refractivity contribution in [1.82, 2.24) is 9.78 Å². The number of thioether (sulfide) groups is 1. The molecule has 31 heavy (non-hydrogen) atoms. The Bertz CT molecular complexity index is 1040. The molecule has 1 aliphatic heterocycles. The first-order valence-electron chi connectivity index (χ1n) is 10.5. The maximum atomic E-state index is 6.48. The highest BCUT2D eigenvalue weighted by Gasteiger charge is 2.40. The molecule has 0 spiro atoms. The van der Waals surface area contributed by atoms with E-state index in [0.29, 0.717) is 10.9 Å². The Morgan fingerprint density at radius 3 is 2.29 bits per heavy atom. The SMILES string of the molecule is COc1ccccc1-n1nc(OC2CC(C)(C)SC(C)(C)C2)cc1-c1ccc(Cl)cc1. The molecule has 0 unspecified atom stereocenters. The molecule has 0 atom stereocenters. The number of para-hydroxylation sites is 2. The molecular weight excluding hydrogens is 428 g/mol. The first kappa shape index (κ1) is 22.1. The van der Waals surface area contributed by atoms with Gasteiger partial charge in [0.1, 0.15) is 17.5 Å². The maximum Gasteiger partial charge on any atom is 0.234 e. The van der Waals surface area contributed by atoms with Crippen LogP contribution in [0.5, 0.6) is 11.6 Å². The van der Waals surface area contributed by atoms with Crippen molar-refractivity contribution < 1.29 is 9.47 Å². The van der Waals surface area contributed by atoms with E-state index >= 15 is 0 Å². The number of benzene rings is 2. The third kappa shape index (κ3) is 5.04. The summed E-state index contributed by atoms with van der Waals surface area (Å²) >= 11 is 8.16. The third-order valence-electron chi connectivity index (χ3n) is 5.42. The predicted octanol–water partition coefficient (Wildman–Crippen LogP) is 7.03. The Kier molecular flexibility index (Phi) is 6.01. The molecule has 0 amide bonds. The van der Waals surface area contributed by atoms with Gasteiger partial charge in [0.2, 0.25) is 5.88 Å². The molecular formula is C25H29ClN2O2S. The third-order valence-corrected chi connectivity index (χ3v) is 7.11. The van der Waals surface area contributed by atoms with Crippen LogP contribution in [-0.2, 0) is 0 Å². The summed E-state index contributed by atoms with van der Waals surface area (Å²) in [5, 5.41) is 5.55. The molecule has 0 aliphatic carbocycles. The molecule has 1 aliphatic rings. The first-order valence-corrected chi connectivity index (χ1v) is 11.7. The zero-order valence-electron chi connectivity index (χ0n) is 18.7. The van der Waals surface area contributed by atoms with Crippen LogP contribution in [0.1, 0.15) is 40.5 Å². The Labute approximate surface area is 193 Å². The van der Waals surface area contributed by atoms with Gasteiger partial charge < -0.3 is 9.47 Å². The number of ether oxygens (including phenoxy) is 2. The van der Waals surface area contributed by atoms with E-state index in [1.807, 2.05) is 71.0 Å². The van der Waals surface area contributed by atoms with Gasteiger partial charge in [-0.1, -0.05) is 63.6 Å². The fraction of sp³-hybridized carbons (Fsp3) is 0.400. The van der Waals surface area contributed by atoms with Crippen LogP contribution in [0.3, 0.4) is 0 Å². The number of methoxy groups -OCH3 is 1. The minimum absolute atomic E-state index is 0.116. The summed E-state index contributed by atoms with van der Waals surface area (Å²) in [5.41, 5.74) is 2.81. The van der Waals surface area contributed by atoms with Crippen LogP contribution in [-0.4, -0.2) is 32.5 Å². The van der Waals surface area contributed by atoms with Gasteiger partial charge in [-0.05, 0) is 37.1 Å². The Morgan fingerprint density at radius 1 is 1.00 bits per heavy atom. The second kappa shape index (κ2) is 8.44. The topological polar surface area (TPSA) is 36.3 Å². The van der Waals surface area contributed by atoms with Crippen molar-refractivity contribution in [2.45, 2.75) is 56.1 Å². The second-order valence-corrected chi connectivity index (χ2v) is 12.1. The van der Waals surface area contributed by atoms with Crippen molar-refractivity contribution in [2.24, 2.45) is 0 Å². The second-order valence-electron chi connectivity index (χ2n) is 9.23. The van der Waals surface area contributed by atoms with Crippen LogP contribution in [0, 0.1) is 0 Å². The molecule has 3 aromatic rings. The minimum atomic E-state index is 0.116. The van der Waals surface area contributed by atoms with Gasteiger partial charge in [-0.15, -0.1) is 16.9 Å². The van der Waals surface area contributed by atoms with Crippen molar-refractivity contribution in [3.63, 3.8) is 0 Å². The Hall–Kier alpha value is -2.11. The van der Waals surface area contributed by atoms with Crippen molar-refractivity contribution in [2.75, 3.05) is 7.11 Å². The molecule has 0 N–H and O–H groups in total. The largest absolute Gasteiger partial charge is 0.494 e. The summed E-state index contributed by atoms with van der Waals surface area (Å²) in [6, 6.07) is 17.7. The molecule has 1 saturated heterocycles.